The zero-order valence-corrected chi connectivity index (χ0v) is 23.4. The summed E-state index contributed by atoms with van der Waals surface area (Å²) in [6.45, 7) is 8.63. The molecule has 9 heteroatoms. The van der Waals surface area contributed by atoms with E-state index in [1.54, 1.807) is 6.26 Å². The van der Waals surface area contributed by atoms with Crippen molar-refractivity contribution in [2.45, 2.75) is 71.3 Å². The summed E-state index contributed by atoms with van der Waals surface area (Å²) in [4.78, 5) is 27.7. The van der Waals surface area contributed by atoms with E-state index in [0.717, 1.165) is 51.8 Å². The molecule has 3 heterocycles. The zero-order valence-electron chi connectivity index (χ0n) is 21.8. The van der Waals surface area contributed by atoms with Gasteiger partial charge in [-0.05, 0) is 60.3 Å². The largest absolute Gasteiger partial charge is 0.464 e. The number of nitrogens with one attached hydrogen (secondary N) is 2. The van der Waals surface area contributed by atoms with Crippen molar-refractivity contribution in [3.05, 3.63) is 51.6 Å². The van der Waals surface area contributed by atoms with Crippen LogP contribution in [0.2, 0.25) is 0 Å². The number of amides is 2. The SMILES string of the molecule is CC1CCc2c(sc(NC(=O)Cc3coc4ccc(C(C)(C)C)cc34)c2C(=O)NC2CCS(=O)(=O)C2)C1. The van der Waals surface area contributed by atoms with Crippen LogP contribution in [0.5, 0.6) is 0 Å². The molecule has 0 radical (unpaired) electrons. The molecular weight excluding hydrogens is 508 g/mol. The number of carbonyl (C=O) groups excluding carboxylic acids is 2. The lowest BCUT2D eigenvalue weighted by atomic mass is 9.86. The first kappa shape index (κ1) is 26.0. The highest BCUT2D eigenvalue weighted by Gasteiger charge is 2.33. The van der Waals surface area contributed by atoms with Crippen molar-refractivity contribution in [2.24, 2.45) is 5.92 Å². The number of hydrogen-bond donors (Lipinski definition) is 2. The van der Waals surface area contributed by atoms with Crippen molar-refractivity contribution >= 4 is 49.0 Å². The molecule has 2 amide bonds. The Morgan fingerprint density at radius 3 is 2.68 bits per heavy atom. The molecule has 2 N–H and O–H groups in total. The number of thiophene rings is 1. The maximum absolute atomic E-state index is 13.4. The molecule has 1 aliphatic carbocycles. The number of benzene rings is 1. The number of hydrogen-bond acceptors (Lipinski definition) is 6. The molecule has 2 atom stereocenters. The van der Waals surface area contributed by atoms with Crippen molar-refractivity contribution in [3.63, 3.8) is 0 Å². The van der Waals surface area contributed by atoms with Gasteiger partial charge in [-0.15, -0.1) is 11.3 Å². The summed E-state index contributed by atoms with van der Waals surface area (Å²) in [5, 5.41) is 7.40. The van der Waals surface area contributed by atoms with Crippen molar-refractivity contribution < 1.29 is 22.4 Å². The lowest BCUT2D eigenvalue weighted by molar-refractivity contribution is -0.115. The van der Waals surface area contributed by atoms with Crippen LogP contribution < -0.4 is 10.6 Å². The number of carbonyl (C=O) groups is 2. The van der Waals surface area contributed by atoms with Gasteiger partial charge in [-0.3, -0.25) is 9.59 Å². The second-order valence-corrected chi connectivity index (χ2v) is 14.9. The van der Waals surface area contributed by atoms with E-state index in [4.69, 9.17) is 4.42 Å². The standard InChI is InChI=1S/C28H34N2O5S2/c1-16-5-7-20-23(11-16)36-27(25(20)26(32)29-19-9-10-37(33,34)15-19)30-24(31)12-17-14-35-22-8-6-18(13-21(17)22)28(2,3)4/h6,8,13-14,16,19H,5,7,9-12,15H2,1-4H3,(H,29,32)(H,30,31). The molecule has 0 spiro atoms. The van der Waals surface area contributed by atoms with Crippen LogP contribution in [0.25, 0.3) is 11.0 Å². The van der Waals surface area contributed by atoms with Gasteiger partial charge in [-0.2, -0.15) is 0 Å². The van der Waals surface area contributed by atoms with E-state index in [1.165, 1.54) is 11.3 Å². The number of sulfone groups is 1. The molecule has 2 aliphatic rings. The minimum atomic E-state index is -3.11. The highest BCUT2D eigenvalue weighted by Crippen LogP contribution is 2.40. The van der Waals surface area contributed by atoms with Gasteiger partial charge in [0.1, 0.15) is 10.6 Å². The fourth-order valence-electron chi connectivity index (χ4n) is 5.27. The van der Waals surface area contributed by atoms with E-state index in [9.17, 15) is 18.0 Å². The molecule has 7 nitrogen and oxygen atoms in total. The van der Waals surface area contributed by atoms with Crippen LogP contribution in [-0.4, -0.2) is 37.8 Å². The monoisotopic (exact) mass is 542 g/mol. The normalized spacial score (nSPS) is 21.1. The fraction of sp³-hybridized carbons (Fsp3) is 0.500. The number of rotatable bonds is 5. The van der Waals surface area contributed by atoms with Crippen LogP contribution in [-0.2, 0) is 39.3 Å². The Labute approximate surface area is 221 Å². The van der Waals surface area contributed by atoms with Gasteiger partial charge in [0.05, 0.1) is 29.8 Å². The van der Waals surface area contributed by atoms with E-state index < -0.39 is 15.9 Å². The van der Waals surface area contributed by atoms with Crippen LogP contribution in [0.1, 0.15) is 72.5 Å². The molecule has 5 rings (SSSR count). The summed E-state index contributed by atoms with van der Waals surface area (Å²) in [5.41, 5.74) is 4.16. The predicted molar refractivity (Wildman–Crippen MR) is 147 cm³/mol. The minimum Gasteiger partial charge on any atom is -0.464 e. The van der Waals surface area contributed by atoms with E-state index in [-0.39, 0.29) is 35.2 Å². The summed E-state index contributed by atoms with van der Waals surface area (Å²) in [5.74, 6) is 0.0607. The number of fused-ring (bicyclic) bond motifs is 2. The van der Waals surface area contributed by atoms with Gasteiger partial charge in [0, 0.05) is 21.9 Å². The Balaban J connectivity index is 1.39. The first-order valence-corrected chi connectivity index (χ1v) is 15.5. The molecule has 1 fully saturated rings. The number of anilines is 1. The molecule has 0 bridgehead atoms. The highest BCUT2D eigenvalue weighted by atomic mass is 32.2. The van der Waals surface area contributed by atoms with Gasteiger partial charge < -0.3 is 15.1 Å². The smallest absolute Gasteiger partial charge is 0.254 e. The van der Waals surface area contributed by atoms with Crippen LogP contribution in [0, 0.1) is 5.92 Å². The van der Waals surface area contributed by atoms with Crippen LogP contribution >= 0.6 is 11.3 Å². The summed E-state index contributed by atoms with van der Waals surface area (Å²) < 4.78 is 29.5. The third kappa shape index (κ3) is 5.48. The average molecular weight is 543 g/mol. The molecule has 3 aromatic rings. The molecule has 1 aliphatic heterocycles. The minimum absolute atomic E-state index is 0.0287. The van der Waals surface area contributed by atoms with Crippen molar-refractivity contribution in [1.82, 2.24) is 5.32 Å². The first-order chi connectivity index (χ1) is 17.4. The molecule has 2 aromatic heterocycles. The quantitative estimate of drug-likeness (QED) is 0.471. The van der Waals surface area contributed by atoms with Gasteiger partial charge in [0.15, 0.2) is 9.84 Å². The lowest BCUT2D eigenvalue weighted by Gasteiger charge is -2.19. The Kier molecular flexibility index (Phi) is 6.73. The molecular formula is C28H34N2O5S2. The average Bonchev–Trinajstić information content (AvgIpc) is 3.47. The second kappa shape index (κ2) is 9.58. The van der Waals surface area contributed by atoms with Gasteiger partial charge in [-0.1, -0.05) is 33.8 Å². The van der Waals surface area contributed by atoms with E-state index in [1.807, 2.05) is 12.1 Å². The van der Waals surface area contributed by atoms with E-state index in [0.29, 0.717) is 22.9 Å². The van der Waals surface area contributed by atoms with E-state index >= 15 is 0 Å². The number of furan rings is 1. The summed E-state index contributed by atoms with van der Waals surface area (Å²) in [7, 11) is -3.11. The Morgan fingerprint density at radius 1 is 1.19 bits per heavy atom. The third-order valence-electron chi connectivity index (χ3n) is 7.43. The van der Waals surface area contributed by atoms with Crippen molar-refractivity contribution in [3.8, 4) is 0 Å². The van der Waals surface area contributed by atoms with E-state index in [2.05, 4.69) is 44.4 Å². The maximum Gasteiger partial charge on any atom is 0.254 e. The summed E-state index contributed by atoms with van der Waals surface area (Å²) >= 11 is 1.47. The van der Waals surface area contributed by atoms with Crippen molar-refractivity contribution in [1.29, 1.82) is 0 Å². The maximum atomic E-state index is 13.4. The van der Waals surface area contributed by atoms with Gasteiger partial charge >= 0.3 is 0 Å². The third-order valence-corrected chi connectivity index (χ3v) is 10.4. The van der Waals surface area contributed by atoms with Gasteiger partial charge in [0.2, 0.25) is 5.91 Å². The molecule has 0 saturated carbocycles. The van der Waals surface area contributed by atoms with Crippen LogP contribution in [0.3, 0.4) is 0 Å². The topological polar surface area (TPSA) is 105 Å². The highest BCUT2D eigenvalue weighted by molar-refractivity contribution is 7.91. The summed E-state index contributed by atoms with van der Waals surface area (Å²) in [6, 6.07) is 5.68. The molecule has 1 aromatic carbocycles. The molecule has 198 valence electrons. The van der Waals surface area contributed by atoms with Gasteiger partial charge in [-0.25, -0.2) is 8.42 Å². The Hall–Kier alpha value is -2.65. The summed E-state index contributed by atoms with van der Waals surface area (Å²) in [6.07, 6.45) is 4.80. The molecule has 2 unspecified atom stereocenters. The molecule has 37 heavy (non-hydrogen) atoms. The predicted octanol–water partition coefficient (Wildman–Crippen LogP) is 5.01. The molecule has 1 saturated heterocycles. The van der Waals surface area contributed by atoms with Crippen molar-refractivity contribution in [2.75, 3.05) is 16.8 Å². The van der Waals surface area contributed by atoms with Crippen LogP contribution in [0.4, 0.5) is 5.00 Å². The zero-order chi connectivity index (χ0) is 26.5. The second-order valence-electron chi connectivity index (χ2n) is 11.6. The fourth-order valence-corrected chi connectivity index (χ4v) is 8.37. The lowest BCUT2D eigenvalue weighted by Crippen LogP contribution is -2.36. The van der Waals surface area contributed by atoms with Crippen LogP contribution in [0.15, 0.2) is 28.9 Å². The van der Waals surface area contributed by atoms with Gasteiger partial charge in [0.25, 0.3) is 5.91 Å². The Morgan fingerprint density at radius 2 is 1.97 bits per heavy atom. The first-order valence-electron chi connectivity index (χ1n) is 12.9. The Bertz CT molecular complexity index is 1480.